The highest BCUT2D eigenvalue weighted by Gasteiger charge is 2.31. The monoisotopic (exact) mass is 542 g/mol. The van der Waals surface area contributed by atoms with E-state index in [9.17, 15) is 29.4 Å². The van der Waals surface area contributed by atoms with Gasteiger partial charge in [0.2, 0.25) is 17.7 Å². The van der Waals surface area contributed by atoms with E-state index in [1.807, 2.05) is 12.5 Å². The molecule has 10 nitrogen and oxygen atoms in total. The number of nitrogens with two attached hydrogens (primary N) is 1. The molecular formula is C24H38N4O6S2. The largest absolute Gasteiger partial charge is 0.508 e. The molecule has 0 bridgehead atoms. The molecule has 0 aliphatic rings. The Balaban J connectivity index is 2.92. The number of benzene rings is 1. The zero-order valence-electron chi connectivity index (χ0n) is 21.2. The maximum absolute atomic E-state index is 13.1. The average Bonchev–Trinajstić information content (AvgIpc) is 2.83. The number of aliphatic carboxylic acids is 1. The normalized spacial score (nSPS) is 14.4. The van der Waals surface area contributed by atoms with E-state index in [1.165, 1.54) is 35.7 Å². The summed E-state index contributed by atoms with van der Waals surface area (Å²) < 4.78 is 0. The molecule has 1 aromatic carbocycles. The van der Waals surface area contributed by atoms with Gasteiger partial charge < -0.3 is 31.9 Å². The second-order valence-electron chi connectivity index (χ2n) is 8.73. The fraction of sp³-hybridized carbons (Fsp3) is 0.583. The molecule has 4 atom stereocenters. The molecule has 0 aromatic heterocycles. The number of hydrogen-bond donors (Lipinski definition) is 6. The third-order valence-corrected chi connectivity index (χ3v) is 6.73. The van der Waals surface area contributed by atoms with Crippen LogP contribution in [0.15, 0.2) is 24.3 Å². The number of hydrogen-bond acceptors (Lipinski definition) is 8. The van der Waals surface area contributed by atoms with Crippen molar-refractivity contribution in [1.29, 1.82) is 0 Å². The van der Waals surface area contributed by atoms with Crippen LogP contribution in [0.25, 0.3) is 0 Å². The van der Waals surface area contributed by atoms with Gasteiger partial charge in [0.15, 0.2) is 0 Å². The van der Waals surface area contributed by atoms with E-state index in [2.05, 4.69) is 16.0 Å². The summed E-state index contributed by atoms with van der Waals surface area (Å²) in [6, 6.07) is 2.46. The highest BCUT2D eigenvalue weighted by Crippen LogP contribution is 2.12. The Morgan fingerprint density at radius 1 is 0.861 bits per heavy atom. The third kappa shape index (κ3) is 11.1. The van der Waals surface area contributed by atoms with Crippen molar-refractivity contribution >= 4 is 47.2 Å². The van der Waals surface area contributed by atoms with Gasteiger partial charge in [-0.15, -0.1) is 0 Å². The van der Waals surface area contributed by atoms with Gasteiger partial charge in [-0.25, -0.2) is 4.79 Å². The molecule has 0 spiro atoms. The number of carbonyl (C=O) groups is 4. The summed E-state index contributed by atoms with van der Waals surface area (Å²) in [4.78, 5) is 50.3. The van der Waals surface area contributed by atoms with E-state index < -0.39 is 47.9 Å². The van der Waals surface area contributed by atoms with Crippen LogP contribution in [0.4, 0.5) is 0 Å². The summed E-state index contributed by atoms with van der Waals surface area (Å²) in [6.07, 6.45) is 4.58. The van der Waals surface area contributed by atoms with Gasteiger partial charge >= 0.3 is 5.97 Å². The van der Waals surface area contributed by atoms with Gasteiger partial charge in [-0.05, 0) is 66.9 Å². The number of carbonyl (C=O) groups excluding carboxylic acids is 3. The molecule has 4 unspecified atom stereocenters. The predicted molar refractivity (Wildman–Crippen MR) is 144 cm³/mol. The van der Waals surface area contributed by atoms with Gasteiger partial charge in [-0.1, -0.05) is 26.0 Å². The number of nitrogens with one attached hydrogen (secondary N) is 3. The van der Waals surface area contributed by atoms with E-state index in [-0.39, 0.29) is 18.1 Å². The van der Waals surface area contributed by atoms with Gasteiger partial charge in [0.25, 0.3) is 0 Å². The SMILES string of the molecule is CSCCC(NC(=O)C(N)Cc1ccc(O)cc1)C(=O)NC(CCSC)C(=O)NC(C(=O)O)C(C)C. The Morgan fingerprint density at radius 2 is 1.33 bits per heavy atom. The molecule has 0 aliphatic carbocycles. The van der Waals surface area contributed by atoms with Crippen molar-refractivity contribution in [3.05, 3.63) is 29.8 Å². The topological polar surface area (TPSA) is 171 Å². The van der Waals surface area contributed by atoms with Crippen molar-refractivity contribution in [2.75, 3.05) is 24.0 Å². The van der Waals surface area contributed by atoms with E-state index in [1.54, 1.807) is 26.0 Å². The third-order valence-electron chi connectivity index (χ3n) is 5.45. The zero-order valence-corrected chi connectivity index (χ0v) is 22.8. The molecule has 3 amide bonds. The maximum Gasteiger partial charge on any atom is 0.326 e. The van der Waals surface area contributed by atoms with E-state index in [0.717, 1.165) is 5.56 Å². The molecule has 0 saturated heterocycles. The van der Waals surface area contributed by atoms with Gasteiger partial charge in [-0.2, -0.15) is 23.5 Å². The second-order valence-corrected chi connectivity index (χ2v) is 10.7. The van der Waals surface area contributed by atoms with Crippen LogP contribution < -0.4 is 21.7 Å². The highest BCUT2D eigenvalue weighted by molar-refractivity contribution is 7.98. The Morgan fingerprint density at radius 3 is 1.78 bits per heavy atom. The van der Waals surface area contributed by atoms with E-state index in [4.69, 9.17) is 5.73 Å². The molecular weight excluding hydrogens is 504 g/mol. The lowest BCUT2D eigenvalue weighted by molar-refractivity contribution is -0.143. The Bertz CT molecular complexity index is 869. The number of rotatable bonds is 16. The minimum absolute atomic E-state index is 0.105. The van der Waals surface area contributed by atoms with Crippen molar-refractivity contribution in [1.82, 2.24) is 16.0 Å². The first-order valence-electron chi connectivity index (χ1n) is 11.6. The number of carboxylic acids is 1. The Labute approximate surface area is 220 Å². The molecule has 1 rings (SSSR count). The Kier molecular flexibility index (Phi) is 14.3. The van der Waals surface area contributed by atoms with Crippen molar-refractivity contribution < 1.29 is 29.4 Å². The number of thioether (sulfide) groups is 2. The molecule has 202 valence electrons. The quantitative estimate of drug-likeness (QED) is 0.178. The first-order chi connectivity index (χ1) is 17.0. The van der Waals surface area contributed by atoms with Crippen LogP contribution in [0.5, 0.6) is 5.75 Å². The molecule has 0 heterocycles. The fourth-order valence-electron chi connectivity index (χ4n) is 3.31. The molecule has 0 fully saturated rings. The predicted octanol–water partition coefficient (Wildman–Crippen LogP) is 0.963. The van der Waals surface area contributed by atoms with Gasteiger partial charge in [-0.3, -0.25) is 14.4 Å². The number of phenols is 1. The van der Waals surface area contributed by atoms with Crippen LogP contribution in [-0.2, 0) is 25.6 Å². The lowest BCUT2D eigenvalue weighted by Crippen LogP contribution is -2.58. The van der Waals surface area contributed by atoms with Gasteiger partial charge in [0.05, 0.1) is 6.04 Å². The first kappa shape index (κ1) is 31.6. The molecule has 0 radical (unpaired) electrons. The van der Waals surface area contributed by atoms with E-state index in [0.29, 0.717) is 24.3 Å². The van der Waals surface area contributed by atoms with Crippen molar-refractivity contribution in [3.63, 3.8) is 0 Å². The van der Waals surface area contributed by atoms with Crippen LogP contribution >= 0.6 is 23.5 Å². The lowest BCUT2D eigenvalue weighted by atomic mass is 10.0. The highest BCUT2D eigenvalue weighted by atomic mass is 32.2. The first-order valence-corrected chi connectivity index (χ1v) is 14.4. The number of phenolic OH excluding ortho intramolecular Hbond substituents is 1. The molecule has 36 heavy (non-hydrogen) atoms. The van der Waals surface area contributed by atoms with Crippen molar-refractivity contribution in [2.24, 2.45) is 11.7 Å². The summed E-state index contributed by atoms with van der Waals surface area (Å²) in [5.74, 6) is -1.87. The van der Waals surface area contributed by atoms with Crippen LogP contribution in [0.3, 0.4) is 0 Å². The average molecular weight is 543 g/mol. The smallest absolute Gasteiger partial charge is 0.326 e. The number of aromatic hydroxyl groups is 1. The summed E-state index contributed by atoms with van der Waals surface area (Å²) in [6.45, 7) is 3.37. The van der Waals surface area contributed by atoms with Crippen LogP contribution in [0.1, 0.15) is 32.3 Å². The molecule has 1 aromatic rings. The minimum Gasteiger partial charge on any atom is -0.508 e. The van der Waals surface area contributed by atoms with Gasteiger partial charge in [0.1, 0.15) is 23.9 Å². The van der Waals surface area contributed by atoms with E-state index >= 15 is 0 Å². The summed E-state index contributed by atoms with van der Waals surface area (Å²) in [7, 11) is 0. The van der Waals surface area contributed by atoms with Crippen LogP contribution in [0.2, 0.25) is 0 Å². The maximum atomic E-state index is 13.1. The Hall–Kier alpha value is -2.44. The molecule has 12 heteroatoms. The minimum atomic E-state index is -1.15. The zero-order chi connectivity index (χ0) is 27.3. The second kappa shape index (κ2) is 16.3. The summed E-state index contributed by atoms with van der Waals surface area (Å²) in [5.41, 5.74) is 6.81. The summed E-state index contributed by atoms with van der Waals surface area (Å²) >= 11 is 3.00. The van der Waals surface area contributed by atoms with Crippen LogP contribution in [0, 0.1) is 5.92 Å². The van der Waals surface area contributed by atoms with Crippen molar-refractivity contribution in [3.8, 4) is 5.75 Å². The van der Waals surface area contributed by atoms with Gasteiger partial charge in [0, 0.05) is 0 Å². The lowest BCUT2D eigenvalue weighted by Gasteiger charge is -2.26. The fourth-order valence-corrected chi connectivity index (χ4v) is 4.25. The molecule has 7 N–H and O–H groups in total. The standard InChI is InChI=1S/C24H38N4O6S2/c1-14(2)20(24(33)34)28-23(32)19(10-12-36-4)27-22(31)18(9-11-35-3)26-21(30)17(25)13-15-5-7-16(29)8-6-15/h5-8,14,17-20,29H,9-13,25H2,1-4H3,(H,26,30)(H,27,31)(H,28,32)(H,33,34). The summed E-state index contributed by atoms with van der Waals surface area (Å²) in [5, 5.41) is 26.7. The molecule has 0 aliphatic heterocycles. The van der Waals surface area contributed by atoms with Crippen LogP contribution in [-0.4, -0.2) is 82.1 Å². The van der Waals surface area contributed by atoms with Crippen molar-refractivity contribution in [2.45, 2.75) is 57.3 Å². The number of carboxylic acid groups (broad SMARTS) is 1. The number of amides is 3. The molecule has 0 saturated carbocycles.